The molecule has 0 N–H and O–H groups in total. The van der Waals surface area contributed by atoms with Crippen molar-refractivity contribution in [3.8, 4) is 0 Å². The van der Waals surface area contributed by atoms with Crippen LogP contribution < -0.4 is 0 Å². The van der Waals surface area contributed by atoms with Crippen LogP contribution in [0.5, 0.6) is 0 Å². The third kappa shape index (κ3) is 3.50. The Labute approximate surface area is 164 Å². The Hall–Kier alpha value is -2.77. The topological polar surface area (TPSA) is 70.6 Å². The number of piperazine rings is 1. The van der Waals surface area contributed by atoms with Crippen LogP contribution in [0.3, 0.4) is 0 Å². The van der Waals surface area contributed by atoms with Crippen molar-refractivity contribution >= 4 is 26.7 Å². The number of aromatic nitrogens is 1. The molecule has 2 heterocycles. The molecule has 144 valence electrons. The van der Waals surface area contributed by atoms with Crippen molar-refractivity contribution < 1.29 is 13.2 Å². The van der Waals surface area contributed by atoms with Crippen LogP contribution >= 0.6 is 0 Å². The van der Waals surface area contributed by atoms with Gasteiger partial charge in [-0.05, 0) is 42.0 Å². The smallest absolute Gasteiger partial charge is 0.272 e. The lowest BCUT2D eigenvalue weighted by atomic mass is 10.1. The van der Waals surface area contributed by atoms with E-state index in [1.807, 2.05) is 43.3 Å². The second-order valence-electron chi connectivity index (χ2n) is 6.87. The van der Waals surface area contributed by atoms with Crippen LogP contribution in [0.25, 0.3) is 10.8 Å². The van der Waals surface area contributed by atoms with Gasteiger partial charge in [0, 0.05) is 31.9 Å². The molecule has 0 saturated carbocycles. The molecule has 7 heteroatoms. The second-order valence-corrected chi connectivity index (χ2v) is 8.81. The zero-order valence-corrected chi connectivity index (χ0v) is 16.4. The molecule has 28 heavy (non-hydrogen) atoms. The van der Waals surface area contributed by atoms with Crippen molar-refractivity contribution in [2.45, 2.75) is 11.8 Å². The Balaban J connectivity index is 1.49. The standard InChI is InChI=1S/C21H21N3O3S/c1-16-5-4-8-20(22-16)21(25)23-11-13-24(14-12-23)28(26,27)19-10-9-17-6-2-3-7-18(17)15-19/h2-10,15H,11-14H2,1H3. The average Bonchev–Trinajstić information content (AvgIpc) is 2.73. The number of hydrogen-bond donors (Lipinski definition) is 0. The van der Waals surface area contributed by atoms with E-state index in [0.717, 1.165) is 16.5 Å². The van der Waals surface area contributed by atoms with Crippen LogP contribution in [-0.4, -0.2) is 54.7 Å². The average molecular weight is 395 g/mol. The maximum atomic E-state index is 13.0. The molecule has 1 fully saturated rings. The maximum absolute atomic E-state index is 13.0. The summed E-state index contributed by atoms with van der Waals surface area (Å²) in [5.74, 6) is -0.161. The number of nitrogens with zero attached hydrogens (tertiary/aromatic N) is 3. The molecule has 0 aliphatic carbocycles. The van der Waals surface area contributed by atoms with Crippen molar-refractivity contribution in [2.75, 3.05) is 26.2 Å². The molecule has 1 aliphatic heterocycles. The number of hydrogen-bond acceptors (Lipinski definition) is 4. The number of sulfonamides is 1. The van der Waals surface area contributed by atoms with E-state index in [1.54, 1.807) is 29.2 Å². The molecule has 1 aliphatic rings. The first-order valence-corrected chi connectivity index (χ1v) is 10.6. The lowest BCUT2D eigenvalue weighted by Crippen LogP contribution is -2.50. The molecule has 3 aromatic rings. The van der Waals surface area contributed by atoms with E-state index in [1.165, 1.54) is 4.31 Å². The van der Waals surface area contributed by atoms with Crippen molar-refractivity contribution in [1.29, 1.82) is 0 Å². The van der Waals surface area contributed by atoms with Crippen molar-refractivity contribution in [3.63, 3.8) is 0 Å². The van der Waals surface area contributed by atoms with Gasteiger partial charge in [0.2, 0.25) is 10.0 Å². The van der Waals surface area contributed by atoms with Crippen molar-refractivity contribution in [3.05, 3.63) is 72.1 Å². The van der Waals surface area contributed by atoms with Crippen molar-refractivity contribution in [2.24, 2.45) is 0 Å². The first-order chi connectivity index (χ1) is 13.4. The number of rotatable bonds is 3. The molecule has 0 spiro atoms. The number of amides is 1. The Bertz CT molecular complexity index is 1140. The minimum atomic E-state index is -3.59. The predicted molar refractivity (Wildman–Crippen MR) is 108 cm³/mol. The second kappa shape index (κ2) is 7.33. The fraction of sp³-hybridized carbons (Fsp3) is 0.238. The fourth-order valence-electron chi connectivity index (χ4n) is 3.43. The van der Waals surface area contributed by atoms with Crippen LogP contribution in [0, 0.1) is 6.92 Å². The van der Waals surface area contributed by atoms with E-state index in [4.69, 9.17) is 0 Å². The lowest BCUT2D eigenvalue weighted by Gasteiger charge is -2.33. The van der Waals surface area contributed by atoms with Crippen LogP contribution in [0.1, 0.15) is 16.2 Å². The fourth-order valence-corrected chi connectivity index (χ4v) is 4.89. The van der Waals surface area contributed by atoms with Crippen molar-refractivity contribution in [1.82, 2.24) is 14.2 Å². The zero-order chi connectivity index (χ0) is 19.7. The summed E-state index contributed by atoms with van der Waals surface area (Å²) in [4.78, 5) is 18.8. The molecule has 2 aromatic carbocycles. The molecule has 1 saturated heterocycles. The SMILES string of the molecule is Cc1cccc(C(=O)N2CCN(S(=O)(=O)c3ccc4ccccc4c3)CC2)n1. The molecule has 0 bridgehead atoms. The van der Waals surface area contributed by atoms with Gasteiger partial charge in [-0.1, -0.05) is 36.4 Å². The minimum Gasteiger partial charge on any atom is -0.335 e. The van der Waals surface area contributed by atoms with E-state index >= 15 is 0 Å². The number of aryl methyl sites for hydroxylation is 1. The normalized spacial score (nSPS) is 15.7. The van der Waals surface area contributed by atoms with Crippen LogP contribution in [0.15, 0.2) is 65.6 Å². The van der Waals surface area contributed by atoms with E-state index in [-0.39, 0.29) is 23.9 Å². The van der Waals surface area contributed by atoms with Gasteiger partial charge < -0.3 is 4.90 Å². The highest BCUT2D eigenvalue weighted by Gasteiger charge is 2.30. The summed E-state index contributed by atoms with van der Waals surface area (Å²) in [6, 6.07) is 18.2. The molecular formula is C21H21N3O3S. The number of pyridine rings is 1. The zero-order valence-electron chi connectivity index (χ0n) is 15.6. The Morgan fingerprint density at radius 2 is 1.61 bits per heavy atom. The van der Waals surface area contributed by atoms with Crippen LogP contribution in [0.4, 0.5) is 0 Å². The summed E-state index contributed by atoms with van der Waals surface area (Å²) >= 11 is 0. The summed E-state index contributed by atoms with van der Waals surface area (Å²) < 4.78 is 27.5. The number of carbonyl (C=O) groups excluding carboxylic acids is 1. The largest absolute Gasteiger partial charge is 0.335 e. The number of benzene rings is 2. The molecule has 1 amide bonds. The Morgan fingerprint density at radius 1 is 0.893 bits per heavy atom. The highest BCUT2D eigenvalue weighted by atomic mass is 32.2. The Morgan fingerprint density at radius 3 is 2.32 bits per heavy atom. The summed E-state index contributed by atoms with van der Waals surface area (Å²) in [6.07, 6.45) is 0. The van der Waals surface area contributed by atoms with Gasteiger partial charge in [-0.2, -0.15) is 4.31 Å². The predicted octanol–water partition coefficient (Wildman–Crippen LogP) is 2.69. The van der Waals surface area contributed by atoms with Gasteiger partial charge in [0.05, 0.1) is 4.90 Å². The van der Waals surface area contributed by atoms with Gasteiger partial charge in [0.15, 0.2) is 0 Å². The molecular weight excluding hydrogens is 374 g/mol. The van der Waals surface area contributed by atoms with E-state index < -0.39 is 10.0 Å². The molecule has 0 radical (unpaired) electrons. The summed E-state index contributed by atoms with van der Waals surface area (Å²) in [5, 5.41) is 1.89. The van der Waals surface area contributed by atoms with Gasteiger partial charge >= 0.3 is 0 Å². The summed E-state index contributed by atoms with van der Waals surface area (Å²) in [5.41, 5.74) is 1.18. The first-order valence-electron chi connectivity index (χ1n) is 9.17. The highest BCUT2D eigenvalue weighted by Crippen LogP contribution is 2.23. The van der Waals surface area contributed by atoms with E-state index in [0.29, 0.717) is 18.8 Å². The van der Waals surface area contributed by atoms with E-state index in [2.05, 4.69) is 4.98 Å². The van der Waals surface area contributed by atoms with Gasteiger partial charge in [0.25, 0.3) is 5.91 Å². The lowest BCUT2D eigenvalue weighted by molar-refractivity contribution is 0.0691. The third-order valence-corrected chi connectivity index (χ3v) is 6.89. The molecule has 0 unspecified atom stereocenters. The van der Waals surface area contributed by atoms with E-state index in [9.17, 15) is 13.2 Å². The quantitative estimate of drug-likeness (QED) is 0.684. The summed E-state index contributed by atoms with van der Waals surface area (Å²) in [6.45, 7) is 3.08. The molecule has 6 nitrogen and oxygen atoms in total. The van der Waals surface area contributed by atoms with Gasteiger partial charge in [-0.25, -0.2) is 13.4 Å². The maximum Gasteiger partial charge on any atom is 0.272 e. The summed E-state index contributed by atoms with van der Waals surface area (Å²) in [7, 11) is -3.59. The first kappa shape index (κ1) is 18.6. The Kier molecular flexibility index (Phi) is 4.87. The minimum absolute atomic E-state index is 0.161. The molecule has 4 rings (SSSR count). The monoisotopic (exact) mass is 395 g/mol. The van der Waals surface area contributed by atoms with Gasteiger partial charge in [0.1, 0.15) is 5.69 Å². The van der Waals surface area contributed by atoms with Crippen LogP contribution in [-0.2, 0) is 10.0 Å². The number of carbonyl (C=O) groups is 1. The van der Waals surface area contributed by atoms with Gasteiger partial charge in [-0.15, -0.1) is 0 Å². The third-order valence-electron chi connectivity index (χ3n) is 4.99. The number of fused-ring (bicyclic) bond motifs is 1. The molecule has 1 aromatic heterocycles. The molecule has 0 atom stereocenters. The highest BCUT2D eigenvalue weighted by molar-refractivity contribution is 7.89. The van der Waals surface area contributed by atoms with Crippen LogP contribution in [0.2, 0.25) is 0 Å². The van der Waals surface area contributed by atoms with Gasteiger partial charge in [-0.3, -0.25) is 4.79 Å².